The normalized spacial score (nSPS) is 11.0. The Morgan fingerprint density at radius 3 is 2.53 bits per heavy atom. The van der Waals surface area contributed by atoms with E-state index in [4.69, 9.17) is 9.15 Å². The fraction of sp³-hybridized carbons (Fsp3) is 0.261. The molecule has 0 unspecified atom stereocenters. The van der Waals surface area contributed by atoms with E-state index in [1.54, 1.807) is 18.2 Å². The number of anilines is 1. The second-order valence-corrected chi connectivity index (χ2v) is 7.47. The monoisotopic (exact) mass is 433 g/mol. The van der Waals surface area contributed by atoms with Gasteiger partial charge in [-0.1, -0.05) is 6.92 Å². The molecule has 0 spiro atoms. The van der Waals surface area contributed by atoms with E-state index < -0.39 is 5.63 Å². The van der Waals surface area contributed by atoms with Crippen LogP contribution in [0.15, 0.2) is 45.6 Å². The number of rotatable bonds is 6. The predicted octanol–water partition coefficient (Wildman–Crippen LogP) is 3.27. The molecule has 1 aromatic carbocycles. The first-order chi connectivity index (χ1) is 15.3. The number of hydrogen-bond donors (Lipinski definition) is 1. The van der Waals surface area contributed by atoms with Crippen LogP contribution in [0.5, 0.6) is 5.75 Å². The zero-order valence-corrected chi connectivity index (χ0v) is 18.3. The molecule has 0 fully saturated rings. The third-order valence-electron chi connectivity index (χ3n) is 4.81. The number of amides is 1. The molecule has 0 saturated carbocycles. The number of benzene rings is 1. The molecular formula is C23H23N5O4. The average molecular weight is 433 g/mol. The molecule has 0 radical (unpaired) electrons. The predicted molar refractivity (Wildman–Crippen MR) is 119 cm³/mol. The number of carbonyl (C=O) groups is 1. The molecule has 4 aromatic rings. The lowest BCUT2D eigenvalue weighted by Gasteiger charge is -2.10. The molecule has 1 N–H and O–H groups in total. The summed E-state index contributed by atoms with van der Waals surface area (Å²) in [7, 11) is 0. The highest BCUT2D eigenvalue weighted by Crippen LogP contribution is 2.23. The fourth-order valence-corrected chi connectivity index (χ4v) is 3.46. The van der Waals surface area contributed by atoms with Crippen LogP contribution in [-0.2, 0) is 11.2 Å². The smallest absolute Gasteiger partial charge is 0.336 e. The van der Waals surface area contributed by atoms with Crippen molar-refractivity contribution in [2.75, 3.05) is 11.9 Å². The third-order valence-corrected chi connectivity index (χ3v) is 4.81. The van der Waals surface area contributed by atoms with Gasteiger partial charge in [0.2, 0.25) is 0 Å². The number of ether oxygens (including phenoxy) is 1. The van der Waals surface area contributed by atoms with Gasteiger partial charge < -0.3 is 14.5 Å². The number of carbonyl (C=O) groups excluding carboxylic acids is 1. The van der Waals surface area contributed by atoms with Gasteiger partial charge in [-0.05, 0) is 51.0 Å². The Kier molecular flexibility index (Phi) is 5.72. The van der Waals surface area contributed by atoms with Gasteiger partial charge in [-0.25, -0.2) is 14.8 Å². The maximum Gasteiger partial charge on any atom is 0.336 e. The van der Waals surface area contributed by atoms with E-state index in [1.807, 2.05) is 39.8 Å². The second kappa shape index (κ2) is 8.62. The van der Waals surface area contributed by atoms with Gasteiger partial charge in [-0.15, -0.1) is 0 Å². The number of nitrogens with one attached hydrogen (secondary N) is 1. The highest BCUT2D eigenvalue weighted by molar-refractivity contribution is 5.91. The zero-order chi connectivity index (χ0) is 22.8. The molecule has 3 heterocycles. The van der Waals surface area contributed by atoms with E-state index in [0.717, 1.165) is 22.3 Å². The number of nitrogens with zero attached hydrogens (tertiary/aromatic N) is 4. The van der Waals surface area contributed by atoms with Crippen LogP contribution in [0.25, 0.3) is 16.9 Å². The number of aryl methyl sites for hydroxylation is 4. The van der Waals surface area contributed by atoms with Crippen LogP contribution >= 0.6 is 0 Å². The highest BCUT2D eigenvalue weighted by Gasteiger charge is 2.14. The van der Waals surface area contributed by atoms with Crippen LogP contribution in [0.1, 0.15) is 29.6 Å². The summed E-state index contributed by atoms with van der Waals surface area (Å²) in [5, 5.41) is 8.02. The summed E-state index contributed by atoms with van der Waals surface area (Å²) >= 11 is 0. The van der Waals surface area contributed by atoms with Gasteiger partial charge in [0.15, 0.2) is 6.61 Å². The molecule has 0 aliphatic rings. The standard InChI is InChI=1S/C23H23N5O4/c1-5-16-10-22(30)32-19-11-17(6-7-18(16)19)31-12-21(29)26-20-9-15(4)27-28(20)23-24-13(2)8-14(3)25-23/h6-11H,5,12H2,1-4H3,(H,26,29). The van der Waals surface area contributed by atoms with Gasteiger partial charge in [0.25, 0.3) is 11.9 Å². The molecule has 4 rings (SSSR count). The van der Waals surface area contributed by atoms with Gasteiger partial charge in [0.05, 0.1) is 5.69 Å². The molecule has 0 atom stereocenters. The van der Waals surface area contributed by atoms with Crippen molar-refractivity contribution in [2.24, 2.45) is 0 Å². The molecular weight excluding hydrogens is 410 g/mol. The van der Waals surface area contributed by atoms with Crippen LogP contribution < -0.4 is 15.7 Å². The van der Waals surface area contributed by atoms with Crippen molar-refractivity contribution in [2.45, 2.75) is 34.1 Å². The summed E-state index contributed by atoms with van der Waals surface area (Å²) in [6, 6.07) is 10.3. The van der Waals surface area contributed by atoms with Crippen molar-refractivity contribution in [3.05, 3.63) is 69.5 Å². The Labute approximate surface area is 184 Å². The fourth-order valence-electron chi connectivity index (χ4n) is 3.46. The summed E-state index contributed by atoms with van der Waals surface area (Å²) in [4.78, 5) is 33.1. The minimum absolute atomic E-state index is 0.235. The van der Waals surface area contributed by atoms with Gasteiger partial charge in [0.1, 0.15) is 17.2 Å². The van der Waals surface area contributed by atoms with Crippen molar-refractivity contribution in [3.63, 3.8) is 0 Å². The van der Waals surface area contributed by atoms with Crippen molar-refractivity contribution in [3.8, 4) is 11.7 Å². The van der Waals surface area contributed by atoms with E-state index >= 15 is 0 Å². The molecule has 0 saturated heterocycles. The molecule has 9 nitrogen and oxygen atoms in total. The van der Waals surface area contributed by atoms with E-state index in [-0.39, 0.29) is 12.5 Å². The van der Waals surface area contributed by atoms with Gasteiger partial charge in [-0.3, -0.25) is 4.79 Å². The molecule has 9 heteroatoms. The maximum atomic E-state index is 12.5. The van der Waals surface area contributed by atoms with Crippen molar-refractivity contribution >= 4 is 22.7 Å². The Bertz CT molecular complexity index is 1350. The van der Waals surface area contributed by atoms with E-state index in [0.29, 0.717) is 35.2 Å². The quantitative estimate of drug-likeness (QED) is 0.464. The van der Waals surface area contributed by atoms with Crippen LogP contribution in [0, 0.1) is 20.8 Å². The lowest BCUT2D eigenvalue weighted by Crippen LogP contribution is -2.22. The van der Waals surface area contributed by atoms with E-state index in [2.05, 4.69) is 20.4 Å². The largest absolute Gasteiger partial charge is 0.484 e. The number of hydrogen-bond acceptors (Lipinski definition) is 7. The van der Waals surface area contributed by atoms with Crippen LogP contribution in [0.2, 0.25) is 0 Å². The first-order valence-electron chi connectivity index (χ1n) is 10.2. The van der Waals surface area contributed by atoms with Crippen LogP contribution in [0.3, 0.4) is 0 Å². The lowest BCUT2D eigenvalue weighted by molar-refractivity contribution is -0.118. The van der Waals surface area contributed by atoms with Crippen LogP contribution in [-0.4, -0.2) is 32.3 Å². The molecule has 0 aliphatic carbocycles. The summed E-state index contributed by atoms with van der Waals surface area (Å²) in [6.45, 7) is 7.30. The van der Waals surface area contributed by atoms with Crippen molar-refractivity contribution in [1.29, 1.82) is 0 Å². The van der Waals surface area contributed by atoms with Gasteiger partial charge >= 0.3 is 5.63 Å². The van der Waals surface area contributed by atoms with Crippen molar-refractivity contribution in [1.82, 2.24) is 19.7 Å². The molecule has 1 amide bonds. The molecule has 0 bridgehead atoms. The average Bonchev–Trinajstić information content (AvgIpc) is 3.10. The zero-order valence-electron chi connectivity index (χ0n) is 18.3. The highest BCUT2D eigenvalue weighted by atomic mass is 16.5. The topological polar surface area (TPSA) is 112 Å². The minimum atomic E-state index is -0.415. The van der Waals surface area contributed by atoms with Gasteiger partial charge in [-0.2, -0.15) is 9.78 Å². The lowest BCUT2D eigenvalue weighted by atomic mass is 10.1. The van der Waals surface area contributed by atoms with Gasteiger partial charge in [0, 0.05) is 35.0 Å². The van der Waals surface area contributed by atoms with Crippen LogP contribution in [0.4, 0.5) is 5.82 Å². The molecule has 32 heavy (non-hydrogen) atoms. The molecule has 0 aliphatic heterocycles. The minimum Gasteiger partial charge on any atom is -0.484 e. The summed E-state index contributed by atoms with van der Waals surface area (Å²) < 4.78 is 12.4. The number of aromatic nitrogens is 4. The summed E-state index contributed by atoms with van der Waals surface area (Å²) in [6.07, 6.45) is 0.710. The summed E-state index contributed by atoms with van der Waals surface area (Å²) in [5.74, 6) is 0.868. The molecule has 3 aromatic heterocycles. The molecule has 164 valence electrons. The van der Waals surface area contributed by atoms with E-state index in [9.17, 15) is 9.59 Å². The third kappa shape index (κ3) is 4.51. The number of fused-ring (bicyclic) bond motifs is 1. The Hall–Kier alpha value is -4.01. The SMILES string of the molecule is CCc1cc(=O)oc2cc(OCC(=O)Nc3cc(C)nn3-c3nc(C)cc(C)n3)ccc12. The van der Waals surface area contributed by atoms with Crippen molar-refractivity contribution < 1.29 is 13.9 Å². The second-order valence-electron chi connectivity index (χ2n) is 7.47. The summed E-state index contributed by atoms with van der Waals surface area (Å²) in [5.41, 5.74) is 3.22. The Morgan fingerprint density at radius 1 is 1.06 bits per heavy atom. The first-order valence-corrected chi connectivity index (χ1v) is 10.2. The Balaban J connectivity index is 1.50. The first kappa shape index (κ1) is 21.2. The van der Waals surface area contributed by atoms with E-state index in [1.165, 1.54) is 10.7 Å². The maximum absolute atomic E-state index is 12.5. The Morgan fingerprint density at radius 2 is 1.81 bits per heavy atom.